The summed E-state index contributed by atoms with van der Waals surface area (Å²) in [5.41, 5.74) is 1.13. The maximum atomic E-state index is 12.1. The number of hydrogen-bond donors (Lipinski definition) is 1. The first-order valence-corrected chi connectivity index (χ1v) is 8.17. The lowest BCUT2D eigenvalue weighted by Crippen LogP contribution is -2.53. The van der Waals surface area contributed by atoms with Crippen LogP contribution >= 0.6 is 11.6 Å². The molecule has 1 aliphatic heterocycles. The van der Waals surface area contributed by atoms with E-state index in [9.17, 15) is 9.59 Å². The minimum atomic E-state index is -0.310. The monoisotopic (exact) mass is 339 g/mol. The molecule has 1 saturated heterocycles. The molecule has 3 amide bonds. The second-order valence-corrected chi connectivity index (χ2v) is 5.72. The summed E-state index contributed by atoms with van der Waals surface area (Å²) in [4.78, 5) is 27.1. The Balaban J connectivity index is 1.68. The normalized spacial score (nSPS) is 14.5. The van der Waals surface area contributed by atoms with E-state index in [2.05, 4.69) is 5.32 Å². The lowest BCUT2D eigenvalue weighted by atomic mass is 10.1. The van der Waals surface area contributed by atoms with Crippen LogP contribution in [0.15, 0.2) is 24.3 Å². The van der Waals surface area contributed by atoms with Gasteiger partial charge in [0.05, 0.1) is 6.61 Å². The Morgan fingerprint density at radius 3 is 2.35 bits per heavy atom. The molecule has 23 heavy (non-hydrogen) atoms. The summed E-state index contributed by atoms with van der Waals surface area (Å²) < 4.78 is 4.96. The number of nitrogens with one attached hydrogen (secondary N) is 1. The van der Waals surface area contributed by atoms with Crippen LogP contribution in [0.25, 0.3) is 0 Å². The Morgan fingerprint density at radius 2 is 1.74 bits per heavy atom. The van der Waals surface area contributed by atoms with Crippen molar-refractivity contribution in [2.45, 2.75) is 13.3 Å². The van der Waals surface area contributed by atoms with Crippen molar-refractivity contribution in [1.82, 2.24) is 15.1 Å². The van der Waals surface area contributed by atoms with Crippen molar-refractivity contribution in [2.75, 3.05) is 39.3 Å². The van der Waals surface area contributed by atoms with Crippen molar-refractivity contribution < 1.29 is 14.3 Å². The van der Waals surface area contributed by atoms with Crippen molar-refractivity contribution >= 4 is 23.7 Å². The van der Waals surface area contributed by atoms with Crippen molar-refractivity contribution in [1.29, 1.82) is 0 Å². The van der Waals surface area contributed by atoms with E-state index in [1.807, 2.05) is 24.3 Å². The molecule has 7 heteroatoms. The molecule has 1 heterocycles. The SMILES string of the molecule is CCOC(=O)N1CCN(C(=O)NCCc2ccc(Cl)cc2)CC1. The molecular formula is C16H22ClN3O3. The molecule has 0 aromatic heterocycles. The van der Waals surface area contributed by atoms with Crippen LogP contribution in [0.3, 0.4) is 0 Å². The number of halogens is 1. The Labute approximate surface area is 141 Å². The Hall–Kier alpha value is -1.95. The molecule has 0 bridgehead atoms. The highest BCUT2D eigenvalue weighted by Gasteiger charge is 2.24. The number of carbonyl (C=O) groups is 2. The molecule has 2 rings (SSSR count). The van der Waals surface area contributed by atoms with Gasteiger partial charge in [-0.15, -0.1) is 0 Å². The van der Waals surface area contributed by atoms with Crippen molar-refractivity contribution in [2.24, 2.45) is 0 Å². The second-order valence-electron chi connectivity index (χ2n) is 5.28. The Morgan fingerprint density at radius 1 is 1.13 bits per heavy atom. The Bertz CT molecular complexity index is 528. The number of rotatable bonds is 4. The van der Waals surface area contributed by atoms with Crippen LogP contribution < -0.4 is 5.32 Å². The van der Waals surface area contributed by atoms with Gasteiger partial charge in [-0.05, 0) is 31.0 Å². The third-order valence-corrected chi connectivity index (χ3v) is 3.95. The molecule has 6 nitrogen and oxygen atoms in total. The zero-order valence-corrected chi connectivity index (χ0v) is 14.0. The summed E-state index contributed by atoms with van der Waals surface area (Å²) in [6.45, 7) is 4.76. The number of benzene rings is 1. The molecular weight excluding hydrogens is 318 g/mol. The third kappa shape index (κ3) is 5.32. The lowest BCUT2D eigenvalue weighted by molar-refractivity contribution is 0.0852. The fourth-order valence-corrected chi connectivity index (χ4v) is 2.51. The molecule has 126 valence electrons. The zero-order valence-electron chi connectivity index (χ0n) is 13.3. The summed E-state index contributed by atoms with van der Waals surface area (Å²) in [6.07, 6.45) is 0.446. The minimum absolute atomic E-state index is 0.0949. The van der Waals surface area contributed by atoms with Gasteiger partial charge in [-0.25, -0.2) is 9.59 Å². The minimum Gasteiger partial charge on any atom is -0.450 e. The maximum Gasteiger partial charge on any atom is 0.409 e. The first kappa shape index (κ1) is 17.4. The molecule has 1 fully saturated rings. The van der Waals surface area contributed by atoms with Gasteiger partial charge in [0.15, 0.2) is 0 Å². The quantitative estimate of drug-likeness (QED) is 0.916. The predicted molar refractivity (Wildman–Crippen MR) is 88.7 cm³/mol. The van der Waals surface area contributed by atoms with Gasteiger partial charge in [-0.3, -0.25) is 0 Å². The van der Waals surface area contributed by atoms with E-state index >= 15 is 0 Å². The van der Waals surface area contributed by atoms with Crippen LogP contribution in [-0.2, 0) is 11.2 Å². The topological polar surface area (TPSA) is 61.9 Å². The summed E-state index contributed by atoms with van der Waals surface area (Å²) in [5, 5.41) is 3.61. The molecule has 0 atom stereocenters. The zero-order chi connectivity index (χ0) is 16.7. The fraction of sp³-hybridized carbons (Fsp3) is 0.500. The van der Waals surface area contributed by atoms with Crippen molar-refractivity contribution in [3.63, 3.8) is 0 Å². The van der Waals surface area contributed by atoms with Crippen LogP contribution in [0.5, 0.6) is 0 Å². The first-order chi connectivity index (χ1) is 11.1. The summed E-state index contributed by atoms with van der Waals surface area (Å²) in [5.74, 6) is 0. The molecule has 0 aliphatic carbocycles. The average molecular weight is 340 g/mol. The Kier molecular flexibility index (Phi) is 6.52. The van der Waals surface area contributed by atoms with E-state index in [1.54, 1.807) is 16.7 Å². The maximum absolute atomic E-state index is 12.1. The standard InChI is InChI=1S/C16H22ClN3O3/c1-2-23-16(22)20-11-9-19(10-12-20)15(21)18-8-7-13-3-5-14(17)6-4-13/h3-6H,2,7-12H2,1H3,(H,18,21). The number of nitrogens with zero attached hydrogens (tertiary/aromatic N) is 2. The van der Waals surface area contributed by atoms with Crippen LogP contribution in [0.4, 0.5) is 9.59 Å². The predicted octanol–water partition coefficient (Wildman–Crippen LogP) is 2.37. The smallest absolute Gasteiger partial charge is 0.409 e. The number of carbonyl (C=O) groups excluding carboxylic acids is 2. The number of hydrogen-bond acceptors (Lipinski definition) is 3. The van der Waals surface area contributed by atoms with Gasteiger partial charge in [0, 0.05) is 37.7 Å². The number of piperazine rings is 1. The summed E-state index contributed by atoms with van der Waals surface area (Å²) in [6, 6.07) is 7.49. The molecule has 1 aliphatic rings. The van der Waals surface area contributed by atoms with Gasteiger partial charge < -0.3 is 19.9 Å². The summed E-state index contributed by atoms with van der Waals surface area (Å²) >= 11 is 5.84. The molecule has 0 saturated carbocycles. The molecule has 0 unspecified atom stereocenters. The van der Waals surface area contributed by atoms with E-state index in [0.29, 0.717) is 44.4 Å². The van der Waals surface area contributed by atoms with Gasteiger partial charge >= 0.3 is 12.1 Å². The molecule has 1 aromatic rings. The highest BCUT2D eigenvalue weighted by molar-refractivity contribution is 6.30. The second kappa shape index (κ2) is 8.62. The van der Waals surface area contributed by atoms with E-state index in [0.717, 1.165) is 12.0 Å². The number of amides is 3. The molecule has 0 spiro atoms. The van der Waals surface area contributed by atoms with E-state index in [-0.39, 0.29) is 12.1 Å². The van der Waals surface area contributed by atoms with E-state index < -0.39 is 0 Å². The average Bonchev–Trinajstić information content (AvgIpc) is 2.57. The van der Waals surface area contributed by atoms with Gasteiger partial charge in [0.25, 0.3) is 0 Å². The van der Waals surface area contributed by atoms with Gasteiger partial charge in [-0.2, -0.15) is 0 Å². The van der Waals surface area contributed by atoms with Gasteiger partial charge in [0.2, 0.25) is 0 Å². The number of urea groups is 1. The van der Waals surface area contributed by atoms with Crippen LogP contribution in [0.1, 0.15) is 12.5 Å². The van der Waals surface area contributed by atoms with Crippen LogP contribution in [0.2, 0.25) is 5.02 Å². The molecule has 1 aromatic carbocycles. The van der Waals surface area contributed by atoms with Crippen LogP contribution in [0, 0.1) is 0 Å². The molecule has 1 N–H and O–H groups in total. The largest absolute Gasteiger partial charge is 0.450 e. The van der Waals surface area contributed by atoms with E-state index in [1.165, 1.54) is 0 Å². The summed E-state index contributed by atoms with van der Waals surface area (Å²) in [7, 11) is 0. The lowest BCUT2D eigenvalue weighted by Gasteiger charge is -2.34. The third-order valence-electron chi connectivity index (χ3n) is 3.70. The van der Waals surface area contributed by atoms with Crippen molar-refractivity contribution in [3.05, 3.63) is 34.9 Å². The first-order valence-electron chi connectivity index (χ1n) is 7.79. The highest BCUT2D eigenvalue weighted by atomic mass is 35.5. The van der Waals surface area contributed by atoms with E-state index in [4.69, 9.17) is 16.3 Å². The highest BCUT2D eigenvalue weighted by Crippen LogP contribution is 2.09. The van der Waals surface area contributed by atoms with Crippen LogP contribution in [-0.4, -0.2) is 61.3 Å². The van der Waals surface area contributed by atoms with Gasteiger partial charge in [0.1, 0.15) is 0 Å². The molecule has 0 radical (unpaired) electrons. The number of ether oxygens (including phenoxy) is 1. The van der Waals surface area contributed by atoms with Crippen molar-refractivity contribution in [3.8, 4) is 0 Å². The fourth-order valence-electron chi connectivity index (χ4n) is 2.38. The van der Waals surface area contributed by atoms with Gasteiger partial charge in [-0.1, -0.05) is 23.7 Å².